The quantitative estimate of drug-likeness (QED) is 0.779. The Hall–Kier alpha value is -0.350. The molecule has 1 aromatic carbocycles. The highest BCUT2D eigenvalue weighted by atomic mass is 35.5. The summed E-state index contributed by atoms with van der Waals surface area (Å²) in [7, 11) is 0. The Morgan fingerprint density at radius 3 is 2.43 bits per heavy atom. The third-order valence-electron chi connectivity index (χ3n) is 2.32. The van der Waals surface area contributed by atoms with E-state index in [1.807, 2.05) is 0 Å². The first-order chi connectivity index (χ1) is 6.10. The van der Waals surface area contributed by atoms with Crippen molar-refractivity contribution in [3.63, 3.8) is 0 Å². The van der Waals surface area contributed by atoms with E-state index in [4.69, 9.17) is 17.3 Å². The molecular formula is C9H11Cl2FN2. The van der Waals surface area contributed by atoms with Crippen LogP contribution >= 0.6 is 24.0 Å². The van der Waals surface area contributed by atoms with Crippen LogP contribution < -0.4 is 11.1 Å². The Bertz CT molecular complexity index is 319. The summed E-state index contributed by atoms with van der Waals surface area (Å²) in [5.74, 6) is -0.334. The number of rotatable bonds is 1. The average Bonchev–Trinajstić information content (AvgIpc) is 1.98. The van der Waals surface area contributed by atoms with E-state index in [2.05, 4.69) is 5.32 Å². The van der Waals surface area contributed by atoms with Gasteiger partial charge < -0.3 is 11.1 Å². The van der Waals surface area contributed by atoms with Gasteiger partial charge in [-0.15, -0.1) is 12.4 Å². The van der Waals surface area contributed by atoms with Gasteiger partial charge in [-0.1, -0.05) is 11.6 Å². The van der Waals surface area contributed by atoms with E-state index in [-0.39, 0.29) is 18.2 Å². The number of nitrogens with two attached hydrogens (primary N) is 1. The summed E-state index contributed by atoms with van der Waals surface area (Å²) in [6, 6.07) is 4.43. The number of halogens is 3. The van der Waals surface area contributed by atoms with Crippen LogP contribution in [0.3, 0.4) is 0 Å². The second-order valence-corrected chi connectivity index (χ2v) is 3.85. The predicted molar refractivity (Wildman–Crippen MR) is 57.4 cm³/mol. The summed E-state index contributed by atoms with van der Waals surface area (Å²) in [6.45, 7) is 1.35. The number of hydrogen-bond acceptors (Lipinski definition) is 2. The van der Waals surface area contributed by atoms with Crippen LogP contribution in [0.4, 0.5) is 4.39 Å². The van der Waals surface area contributed by atoms with Gasteiger partial charge in [0.15, 0.2) is 0 Å². The molecule has 0 bridgehead atoms. The smallest absolute Gasteiger partial charge is 0.125 e. The van der Waals surface area contributed by atoms with Gasteiger partial charge in [-0.05, 0) is 23.8 Å². The second-order valence-electron chi connectivity index (χ2n) is 3.42. The van der Waals surface area contributed by atoms with E-state index in [0.717, 1.165) is 5.56 Å². The van der Waals surface area contributed by atoms with E-state index in [9.17, 15) is 4.39 Å². The Morgan fingerprint density at radius 1 is 1.36 bits per heavy atom. The fourth-order valence-corrected chi connectivity index (χ4v) is 1.66. The monoisotopic (exact) mass is 236 g/mol. The summed E-state index contributed by atoms with van der Waals surface area (Å²) in [5.41, 5.74) is 6.30. The van der Waals surface area contributed by atoms with Gasteiger partial charge in [0.05, 0.1) is 5.54 Å². The minimum absolute atomic E-state index is 0. The van der Waals surface area contributed by atoms with Crippen molar-refractivity contribution in [2.45, 2.75) is 5.54 Å². The largest absolute Gasteiger partial charge is 0.319 e. The van der Waals surface area contributed by atoms with Crippen LogP contribution in [-0.2, 0) is 5.54 Å². The predicted octanol–water partition coefficient (Wildman–Crippen LogP) is 1.66. The topological polar surface area (TPSA) is 38.0 Å². The molecule has 0 amide bonds. The third kappa shape index (κ3) is 2.01. The van der Waals surface area contributed by atoms with Gasteiger partial charge in [0.2, 0.25) is 0 Å². The molecular weight excluding hydrogens is 226 g/mol. The van der Waals surface area contributed by atoms with E-state index >= 15 is 0 Å². The molecule has 14 heavy (non-hydrogen) atoms. The van der Waals surface area contributed by atoms with Crippen LogP contribution in [0.15, 0.2) is 18.2 Å². The Balaban J connectivity index is 0.000000980. The lowest BCUT2D eigenvalue weighted by molar-refractivity contribution is 0.286. The SMILES string of the molecule is Cl.NC1(c2cc(F)cc(Cl)c2)CNC1. The lowest BCUT2D eigenvalue weighted by Crippen LogP contribution is -2.62. The zero-order valence-corrected chi connectivity index (χ0v) is 8.96. The maximum absolute atomic E-state index is 13.0. The highest BCUT2D eigenvalue weighted by Crippen LogP contribution is 2.25. The molecule has 2 rings (SSSR count). The Morgan fingerprint density at radius 2 is 2.00 bits per heavy atom. The van der Waals surface area contributed by atoms with Crippen molar-refractivity contribution in [1.29, 1.82) is 0 Å². The molecule has 0 aliphatic carbocycles. The molecule has 1 fully saturated rings. The molecule has 2 nitrogen and oxygen atoms in total. The summed E-state index contributed by atoms with van der Waals surface area (Å²) < 4.78 is 13.0. The molecule has 3 N–H and O–H groups in total. The molecule has 1 saturated heterocycles. The fourth-order valence-electron chi connectivity index (χ4n) is 1.44. The fraction of sp³-hybridized carbons (Fsp3) is 0.333. The maximum Gasteiger partial charge on any atom is 0.125 e. The molecule has 1 aliphatic heterocycles. The first-order valence-electron chi connectivity index (χ1n) is 4.06. The molecule has 1 aromatic rings. The number of hydrogen-bond donors (Lipinski definition) is 2. The van der Waals surface area contributed by atoms with Crippen molar-refractivity contribution < 1.29 is 4.39 Å². The molecule has 1 heterocycles. The summed E-state index contributed by atoms with van der Waals surface area (Å²) in [5, 5.41) is 3.44. The molecule has 78 valence electrons. The molecule has 0 spiro atoms. The third-order valence-corrected chi connectivity index (χ3v) is 2.54. The highest BCUT2D eigenvalue weighted by Gasteiger charge is 2.34. The van der Waals surface area contributed by atoms with E-state index in [1.54, 1.807) is 6.07 Å². The van der Waals surface area contributed by atoms with Gasteiger partial charge >= 0.3 is 0 Å². The van der Waals surface area contributed by atoms with Gasteiger partial charge in [-0.2, -0.15) is 0 Å². The number of benzene rings is 1. The van der Waals surface area contributed by atoms with E-state index in [1.165, 1.54) is 12.1 Å². The first-order valence-corrected chi connectivity index (χ1v) is 4.44. The molecule has 5 heteroatoms. The zero-order chi connectivity index (χ0) is 9.47. The maximum atomic E-state index is 13.0. The van der Waals surface area contributed by atoms with Gasteiger partial charge in [0, 0.05) is 18.1 Å². The minimum atomic E-state index is -0.439. The van der Waals surface area contributed by atoms with Crippen molar-refractivity contribution in [1.82, 2.24) is 5.32 Å². The molecule has 0 radical (unpaired) electrons. The Kier molecular flexibility index (Phi) is 3.37. The van der Waals surface area contributed by atoms with Crippen molar-refractivity contribution in [2.24, 2.45) is 5.73 Å². The summed E-state index contributed by atoms with van der Waals surface area (Å²) in [6.07, 6.45) is 0. The summed E-state index contributed by atoms with van der Waals surface area (Å²) in [4.78, 5) is 0. The van der Waals surface area contributed by atoms with Crippen molar-refractivity contribution in [3.05, 3.63) is 34.6 Å². The number of nitrogens with one attached hydrogen (secondary N) is 1. The van der Waals surface area contributed by atoms with E-state index < -0.39 is 5.54 Å². The van der Waals surface area contributed by atoms with Crippen molar-refractivity contribution in [2.75, 3.05) is 13.1 Å². The molecule has 0 saturated carbocycles. The van der Waals surface area contributed by atoms with Gasteiger partial charge in [0.25, 0.3) is 0 Å². The first kappa shape index (κ1) is 11.7. The molecule has 0 unspecified atom stereocenters. The Labute approximate surface area is 93.0 Å². The lowest BCUT2D eigenvalue weighted by atomic mass is 9.85. The molecule has 0 atom stereocenters. The van der Waals surface area contributed by atoms with Gasteiger partial charge in [-0.3, -0.25) is 0 Å². The highest BCUT2D eigenvalue weighted by molar-refractivity contribution is 6.30. The van der Waals surface area contributed by atoms with Crippen LogP contribution in [0.5, 0.6) is 0 Å². The molecule has 1 aliphatic rings. The second kappa shape index (κ2) is 4.03. The van der Waals surface area contributed by atoms with Crippen LogP contribution in [0.2, 0.25) is 5.02 Å². The van der Waals surface area contributed by atoms with Gasteiger partial charge in [-0.25, -0.2) is 4.39 Å². The minimum Gasteiger partial charge on any atom is -0.319 e. The van der Waals surface area contributed by atoms with Crippen molar-refractivity contribution in [3.8, 4) is 0 Å². The van der Waals surface area contributed by atoms with Crippen LogP contribution in [0.1, 0.15) is 5.56 Å². The standard InChI is InChI=1S/C9H10ClFN2.ClH/c10-7-1-6(2-8(11)3-7)9(12)4-13-5-9;/h1-3,13H,4-5,12H2;1H. The average molecular weight is 237 g/mol. The summed E-state index contributed by atoms with van der Waals surface area (Å²) >= 11 is 5.72. The van der Waals surface area contributed by atoms with Crippen LogP contribution in [-0.4, -0.2) is 13.1 Å². The normalized spacial score (nSPS) is 18.2. The lowest BCUT2D eigenvalue weighted by Gasteiger charge is -2.39. The van der Waals surface area contributed by atoms with Crippen LogP contribution in [0, 0.1) is 5.82 Å². The van der Waals surface area contributed by atoms with Crippen LogP contribution in [0.25, 0.3) is 0 Å². The van der Waals surface area contributed by atoms with Gasteiger partial charge in [0.1, 0.15) is 5.82 Å². The van der Waals surface area contributed by atoms with E-state index in [0.29, 0.717) is 18.1 Å². The zero-order valence-electron chi connectivity index (χ0n) is 7.39. The molecule has 0 aromatic heterocycles. The van der Waals surface area contributed by atoms with Crippen molar-refractivity contribution >= 4 is 24.0 Å².